The van der Waals surface area contributed by atoms with Crippen molar-refractivity contribution in [2.24, 2.45) is 0 Å². The molecular formula is C14H24N2O4. The van der Waals surface area contributed by atoms with Gasteiger partial charge in [0.1, 0.15) is 6.04 Å². The summed E-state index contributed by atoms with van der Waals surface area (Å²) in [4.78, 5) is 27.2. The Morgan fingerprint density at radius 2 is 1.85 bits per heavy atom. The lowest BCUT2D eigenvalue weighted by Crippen LogP contribution is -2.55. The number of aliphatic hydroxyl groups excluding tert-OH is 1. The Balaban J connectivity index is 2.11. The van der Waals surface area contributed by atoms with E-state index in [1.165, 1.54) is 4.90 Å². The minimum absolute atomic E-state index is 0.0756. The van der Waals surface area contributed by atoms with Gasteiger partial charge in [-0.05, 0) is 32.1 Å². The number of urea groups is 1. The number of carbonyl (C=O) groups is 2. The summed E-state index contributed by atoms with van der Waals surface area (Å²) in [6.45, 7) is 0.727. The number of carbonyl (C=O) groups excluding carboxylic acids is 1. The second-order valence-corrected chi connectivity index (χ2v) is 5.68. The Bertz CT molecular complexity index is 357. The van der Waals surface area contributed by atoms with Gasteiger partial charge in [0, 0.05) is 19.1 Å². The van der Waals surface area contributed by atoms with Gasteiger partial charge in [0.05, 0.1) is 6.61 Å². The molecule has 1 aliphatic carbocycles. The van der Waals surface area contributed by atoms with Gasteiger partial charge in [-0.25, -0.2) is 9.59 Å². The molecule has 6 nitrogen and oxygen atoms in total. The smallest absolute Gasteiger partial charge is 0.326 e. The fraction of sp³-hybridized carbons (Fsp3) is 0.857. The van der Waals surface area contributed by atoms with Crippen LogP contribution < -0.4 is 0 Å². The molecule has 6 heteroatoms. The Morgan fingerprint density at radius 1 is 1.10 bits per heavy atom. The van der Waals surface area contributed by atoms with Gasteiger partial charge in [-0.2, -0.15) is 0 Å². The maximum absolute atomic E-state index is 12.7. The van der Waals surface area contributed by atoms with Crippen LogP contribution in [-0.2, 0) is 4.79 Å². The highest BCUT2D eigenvalue weighted by Gasteiger charge is 2.36. The van der Waals surface area contributed by atoms with Crippen LogP contribution in [0, 0.1) is 0 Å². The van der Waals surface area contributed by atoms with E-state index >= 15 is 0 Å². The number of likely N-dealkylation sites (tertiary alicyclic amines) is 1. The highest BCUT2D eigenvalue weighted by atomic mass is 16.4. The van der Waals surface area contributed by atoms with Crippen molar-refractivity contribution in [3.63, 3.8) is 0 Å². The molecule has 0 aromatic rings. The average Bonchev–Trinajstić information content (AvgIpc) is 2.60. The minimum atomic E-state index is -0.919. The van der Waals surface area contributed by atoms with Gasteiger partial charge in [0.15, 0.2) is 0 Å². The molecule has 1 atom stereocenters. The number of rotatable bonds is 4. The van der Waals surface area contributed by atoms with Crippen LogP contribution in [0.4, 0.5) is 4.79 Å². The molecule has 0 aromatic heterocycles. The molecule has 2 rings (SSSR count). The van der Waals surface area contributed by atoms with E-state index in [1.54, 1.807) is 4.90 Å². The highest BCUT2D eigenvalue weighted by Crippen LogP contribution is 2.27. The number of carboxylic acid groups (broad SMARTS) is 1. The predicted molar refractivity (Wildman–Crippen MR) is 73.4 cm³/mol. The number of amides is 2. The molecule has 1 aliphatic heterocycles. The van der Waals surface area contributed by atoms with Gasteiger partial charge in [-0.15, -0.1) is 0 Å². The zero-order valence-electron chi connectivity index (χ0n) is 11.8. The molecule has 0 aromatic carbocycles. The Hall–Kier alpha value is -1.30. The molecule has 0 radical (unpaired) electrons. The molecule has 2 aliphatic rings. The summed E-state index contributed by atoms with van der Waals surface area (Å²) in [7, 11) is 0. The van der Waals surface area contributed by atoms with Crippen molar-refractivity contribution in [2.45, 2.75) is 57.0 Å². The third kappa shape index (κ3) is 3.23. The summed E-state index contributed by atoms with van der Waals surface area (Å²) in [5.41, 5.74) is 0. The second-order valence-electron chi connectivity index (χ2n) is 5.68. The van der Waals surface area contributed by atoms with Crippen LogP contribution in [0.5, 0.6) is 0 Å². The van der Waals surface area contributed by atoms with Crippen LogP contribution >= 0.6 is 0 Å². The number of aliphatic carboxylic acids is 1. The van der Waals surface area contributed by atoms with Crippen molar-refractivity contribution in [1.29, 1.82) is 0 Å². The molecule has 114 valence electrons. The fourth-order valence-electron chi connectivity index (χ4n) is 3.00. The van der Waals surface area contributed by atoms with Crippen LogP contribution in [-0.4, -0.2) is 63.8 Å². The molecule has 0 bridgehead atoms. The van der Waals surface area contributed by atoms with E-state index in [9.17, 15) is 14.7 Å². The van der Waals surface area contributed by atoms with Gasteiger partial charge in [0.25, 0.3) is 0 Å². The first-order valence-corrected chi connectivity index (χ1v) is 7.56. The van der Waals surface area contributed by atoms with Crippen molar-refractivity contribution < 1.29 is 19.8 Å². The van der Waals surface area contributed by atoms with Crippen molar-refractivity contribution in [1.82, 2.24) is 9.80 Å². The van der Waals surface area contributed by atoms with E-state index in [4.69, 9.17) is 5.11 Å². The SMILES string of the molecule is O=C(O)C1CCCCCN1C(=O)N(CCO)C1CCC1. The Labute approximate surface area is 119 Å². The van der Waals surface area contributed by atoms with Crippen molar-refractivity contribution >= 4 is 12.0 Å². The zero-order chi connectivity index (χ0) is 14.5. The monoisotopic (exact) mass is 284 g/mol. The van der Waals surface area contributed by atoms with Gasteiger partial charge in [-0.1, -0.05) is 12.8 Å². The van der Waals surface area contributed by atoms with Crippen LogP contribution in [0.1, 0.15) is 44.9 Å². The lowest BCUT2D eigenvalue weighted by Gasteiger charge is -2.41. The summed E-state index contributed by atoms with van der Waals surface area (Å²) in [6, 6.07) is -0.753. The Kier molecular flexibility index (Phi) is 5.23. The summed E-state index contributed by atoms with van der Waals surface area (Å²) < 4.78 is 0. The molecule has 0 spiro atoms. The minimum Gasteiger partial charge on any atom is -0.480 e. The lowest BCUT2D eigenvalue weighted by molar-refractivity contribution is -0.142. The summed E-state index contributed by atoms with van der Waals surface area (Å²) in [5.74, 6) is -0.919. The molecule has 1 saturated heterocycles. The molecular weight excluding hydrogens is 260 g/mol. The van der Waals surface area contributed by atoms with Crippen molar-refractivity contribution in [2.75, 3.05) is 19.7 Å². The first-order chi connectivity index (χ1) is 9.65. The average molecular weight is 284 g/mol. The number of nitrogens with zero attached hydrogens (tertiary/aromatic N) is 2. The maximum atomic E-state index is 12.7. The van der Waals surface area contributed by atoms with Crippen LogP contribution in [0.3, 0.4) is 0 Å². The number of aliphatic hydroxyl groups is 1. The van der Waals surface area contributed by atoms with Crippen molar-refractivity contribution in [3.8, 4) is 0 Å². The van der Waals surface area contributed by atoms with E-state index in [-0.39, 0.29) is 18.7 Å². The lowest BCUT2D eigenvalue weighted by atomic mass is 9.91. The summed E-state index contributed by atoms with van der Waals surface area (Å²) in [5, 5.41) is 18.5. The van der Waals surface area contributed by atoms with E-state index in [2.05, 4.69) is 0 Å². The van der Waals surface area contributed by atoms with Crippen LogP contribution in [0.15, 0.2) is 0 Å². The topological polar surface area (TPSA) is 81.1 Å². The summed E-state index contributed by atoms with van der Waals surface area (Å²) in [6.07, 6.45) is 6.21. The maximum Gasteiger partial charge on any atom is 0.326 e. The van der Waals surface area contributed by atoms with E-state index in [0.717, 1.165) is 38.5 Å². The number of hydrogen-bond donors (Lipinski definition) is 2. The molecule has 1 heterocycles. The first kappa shape index (κ1) is 15.1. The van der Waals surface area contributed by atoms with Crippen molar-refractivity contribution in [3.05, 3.63) is 0 Å². The van der Waals surface area contributed by atoms with Gasteiger partial charge >= 0.3 is 12.0 Å². The molecule has 2 N–H and O–H groups in total. The largest absolute Gasteiger partial charge is 0.480 e. The third-order valence-electron chi connectivity index (χ3n) is 4.39. The van der Waals surface area contributed by atoms with Crippen LogP contribution in [0.25, 0.3) is 0 Å². The predicted octanol–water partition coefficient (Wildman–Crippen LogP) is 1.28. The van der Waals surface area contributed by atoms with E-state index < -0.39 is 12.0 Å². The third-order valence-corrected chi connectivity index (χ3v) is 4.39. The standard InChI is InChI=1S/C14H24N2O4/c17-10-9-15(11-5-4-6-11)14(20)16-8-3-1-2-7-12(16)13(18)19/h11-12,17H,1-10H2,(H,18,19). The van der Waals surface area contributed by atoms with Gasteiger partial charge in [-0.3, -0.25) is 0 Å². The highest BCUT2D eigenvalue weighted by molar-refractivity contribution is 5.83. The number of carboxylic acids is 1. The molecule has 1 unspecified atom stereocenters. The second kappa shape index (κ2) is 6.92. The zero-order valence-corrected chi connectivity index (χ0v) is 11.8. The normalized spacial score (nSPS) is 23.9. The molecule has 20 heavy (non-hydrogen) atoms. The molecule has 2 fully saturated rings. The summed E-state index contributed by atoms with van der Waals surface area (Å²) >= 11 is 0. The van der Waals surface area contributed by atoms with E-state index in [0.29, 0.717) is 19.5 Å². The van der Waals surface area contributed by atoms with E-state index in [1.807, 2.05) is 0 Å². The van der Waals surface area contributed by atoms with Crippen LogP contribution in [0.2, 0.25) is 0 Å². The quantitative estimate of drug-likeness (QED) is 0.815. The van der Waals surface area contributed by atoms with Gasteiger partial charge in [0.2, 0.25) is 0 Å². The number of hydrogen-bond acceptors (Lipinski definition) is 3. The Morgan fingerprint density at radius 3 is 2.40 bits per heavy atom. The van der Waals surface area contributed by atoms with Gasteiger partial charge < -0.3 is 20.0 Å². The molecule has 2 amide bonds. The first-order valence-electron chi connectivity index (χ1n) is 7.56. The fourth-order valence-corrected chi connectivity index (χ4v) is 3.00. The molecule has 1 saturated carbocycles.